The number of hydrogen-bond acceptors (Lipinski definition) is 4. The maximum atomic E-state index is 12.4. The van der Waals surface area contributed by atoms with E-state index in [1.165, 1.54) is 0 Å². The molecule has 2 N–H and O–H groups in total. The fourth-order valence-corrected chi connectivity index (χ4v) is 2.83. The van der Waals surface area contributed by atoms with Gasteiger partial charge in [-0.2, -0.15) is 0 Å². The number of ether oxygens (including phenoxy) is 2. The lowest BCUT2D eigenvalue weighted by molar-refractivity contribution is -0.144. The van der Waals surface area contributed by atoms with Gasteiger partial charge < -0.3 is 19.9 Å². The zero-order valence-electron chi connectivity index (χ0n) is 15.8. The smallest absolute Gasteiger partial charge is 0.315 e. The largest absolute Gasteiger partial charge is 0.497 e. The molecule has 6 heteroatoms. The molecule has 0 fully saturated rings. The van der Waals surface area contributed by atoms with Crippen molar-refractivity contribution in [2.75, 3.05) is 13.7 Å². The molecule has 1 amide bonds. The van der Waals surface area contributed by atoms with Crippen molar-refractivity contribution in [3.63, 3.8) is 0 Å². The highest BCUT2D eigenvalue weighted by Crippen LogP contribution is 2.28. The fraction of sp³-hybridized carbons (Fsp3) is 0.333. The number of carbonyl (C=O) groups is 2. The predicted molar refractivity (Wildman–Crippen MR) is 102 cm³/mol. The lowest BCUT2D eigenvalue weighted by Crippen LogP contribution is -2.48. The Balaban J connectivity index is 2.05. The molecule has 144 valence electrons. The molecule has 0 spiro atoms. The average molecular weight is 371 g/mol. The van der Waals surface area contributed by atoms with Crippen LogP contribution in [0, 0.1) is 0 Å². The first-order chi connectivity index (χ1) is 12.9. The topological polar surface area (TPSA) is 84.9 Å². The van der Waals surface area contributed by atoms with Gasteiger partial charge in [0.25, 0.3) is 5.91 Å². The maximum absolute atomic E-state index is 12.4. The first-order valence-electron chi connectivity index (χ1n) is 8.80. The molecule has 0 saturated heterocycles. The predicted octanol–water partition coefficient (Wildman–Crippen LogP) is 3.01. The summed E-state index contributed by atoms with van der Waals surface area (Å²) in [6.07, 6.45) is -0.419. The number of carboxylic acids is 1. The van der Waals surface area contributed by atoms with Crippen molar-refractivity contribution in [1.82, 2.24) is 5.32 Å². The van der Waals surface area contributed by atoms with E-state index in [4.69, 9.17) is 9.47 Å². The van der Waals surface area contributed by atoms with Gasteiger partial charge in [0.2, 0.25) is 0 Å². The van der Waals surface area contributed by atoms with Crippen LogP contribution in [-0.4, -0.2) is 36.7 Å². The Morgan fingerprint density at radius 1 is 1.07 bits per heavy atom. The summed E-state index contributed by atoms with van der Waals surface area (Å²) in [6, 6.07) is 15.8. The second-order valence-electron chi connectivity index (χ2n) is 6.26. The van der Waals surface area contributed by atoms with Crippen molar-refractivity contribution >= 4 is 11.9 Å². The molecular formula is C21H25NO5. The van der Waals surface area contributed by atoms with Gasteiger partial charge >= 0.3 is 5.97 Å². The lowest BCUT2D eigenvalue weighted by Gasteiger charge is -2.29. The molecule has 0 bridgehead atoms. The summed E-state index contributed by atoms with van der Waals surface area (Å²) in [5, 5.41) is 12.5. The average Bonchev–Trinajstić information content (AvgIpc) is 2.69. The number of aliphatic carboxylic acids is 1. The quantitative estimate of drug-likeness (QED) is 0.708. The zero-order valence-corrected chi connectivity index (χ0v) is 15.8. The van der Waals surface area contributed by atoms with Crippen LogP contribution in [0.4, 0.5) is 0 Å². The molecule has 0 saturated carbocycles. The van der Waals surface area contributed by atoms with Crippen LogP contribution >= 0.6 is 0 Å². The molecule has 2 aromatic rings. The van der Waals surface area contributed by atoms with E-state index in [0.29, 0.717) is 23.5 Å². The SMILES string of the molecule is CCC(CNC(=O)C(C)Oc1ccc(OC)cc1)(C(=O)O)c1ccccc1. The summed E-state index contributed by atoms with van der Waals surface area (Å²) in [5.41, 5.74) is -0.527. The minimum atomic E-state index is -1.18. The summed E-state index contributed by atoms with van der Waals surface area (Å²) >= 11 is 0. The number of amides is 1. The van der Waals surface area contributed by atoms with Crippen LogP contribution in [0.25, 0.3) is 0 Å². The summed E-state index contributed by atoms with van der Waals surface area (Å²) in [7, 11) is 1.57. The second kappa shape index (κ2) is 9.07. The van der Waals surface area contributed by atoms with Crippen LogP contribution in [0.1, 0.15) is 25.8 Å². The van der Waals surface area contributed by atoms with Gasteiger partial charge in [-0.1, -0.05) is 37.3 Å². The van der Waals surface area contributed by atoms with E-state index >= 15 is 0 Å². The third kappa shape index (κ3) is 4.78. The van der Waals surface area contributed by atoms with Gasteiger partial charge in [0.05, 0.1) is 7.11 Å². The Labute approximate surface area is 159 Å². The molecule has 0 heterocycles. The monoisotopic (exact) mass is 371 g/mol. The number of nitrogens with one attached hydrogen (secondary N) is 1. The first-order valence-corrected chi connectivity index (χ1v) is 8.80. The highest BCUT2D eigenvalue weighted by molar-refractivity contribution is 5.85. The Hall–Kier alpha value is -3.02. The van der Waals surface area contributed by atoms with Crippen LogP contribution in [-0.2, 0) is 15.0 Å². The molecule has 2 atom stereocenters. The standard InChI is InChI=1S/C21H25NO5/c1-4-21(20(24)25,16-8-6-5-7-9-16)14-22-19(23)15(2)27-18-12-10-17(26-3)11-13-18/h5-13,15H,4,14H2,1-3H3,(H,22,23)(H,24,25). The van der Waals surface area contributed by atoms with Crippen LogP contribution in [0.5, 0.6) is 11.5 Å². The summed E-state index contributed by atoms with van der Waals surface area (Å²) < 4.78 is 10.7. The van der Waals surface area contributed by atoms with Crippen molar-refractivity contribution in [2.24, 2.45) is 0 Å². The molecule has 27 heavy (non-hydrogen) atoms. The van der Waals surface area contributed by atoms with Gasteiger partial charge in [0.1, 0.15) is 16.9 Å². The molecule has 6 nitrogen and oxygen atoms in total. The molecule has 0 aromatic heterocycles. The van der Waals surface area contributed by atoms with E-state index < -0.39 is 17.5 Å². The van der Waals surface area contributed by atoms with Crippen LogP contribution in [0.2, 0.25) is 0 Å². The summed E-state index contributed by atoms with van der Waals surface area (Å²) in [5.74, 6) is -0.126. The number of carboxylic acid groups (broad SMARTS) is 1. The van der Waals surface area contributed by atoms with Gasteiger partial charge in [-0.15, -0.1) is 0 Å². The van der Waals surface area contributed by atoms with Crippen molar-refractivity contribution in [3.05, 3.63) is 60.2 Å². The third-order valence-electron chi connectivity index (χ3n) is 4.65. The van der Waals surface area contributed by atoms with Gasteiger partial charge in [0, 0.05) is 6.54 Å². The molecule has 0 aliphatic carbocycles. The minimum absolute atomic E-state index is 0.0159. The Morgan fingerprint density at radius 3 is 2.19 bits per heavy atom. The van der Waals surface area contributed by atoms with Crippen molar-refractivity contribution in [3.8, 4) is 11.5 Å². The second-order valence-corrected chi connectivity index (χ2v) is 6.26. The number of rotatable bonds is 9. The third-order valence-corrected chi connectivity index (χ3v) is 4.65. The minimum Gasteiger partial charge on any atom is -0.497 e. The lowest BCUT2D eigenvalue weighted by atomic mass is 9.78. The molecule has 0 radical (unpaired) electrons. The van der Waals surface area contributed by atoms with E-state index in [1.807, 2.05) is 6.07 Å². The number of benzene rings is 2. The number of methoxy groups -OCH3 is 1. The van der Waals surface area contributed by atoms with Crippen molar-refractivity contribution < 1.29 is 24.2 Å². The summed E-state index contributed by atoms with van der Waals surface area (Å²) in [6.45, 7) is 3.40. The van der Waals surface area contributed by atoms with E-state index in [9.17, 15) is 14.7 Å². The fourth-order valence-electron chi connectivity index (χ4n) is 2.83. The molecule has 2 aromatic carbocycles. The first kappa shape index (κ1) is 20.3. The highest BCUT2D eigenvalue weighted by Gasteiger charge is 2.39. The molecule has 0 aliphatic rings. The van der Waals surface area contributed by atoms with Gasteiger partial charge in [-0.05, 0) is 43.2 Å². The number of hydrogen-bond donors (Lipinski definition) is 2. The zero-order chi connectivity index (χ0) is 19.9. The normalized spacial score (nSPS) is 13.9. The Bertz CT molecular complexity index is 760. The summed E-state index contributed by atoms with van der Waals surface area (Å²) in [4.78, 5) is 24.4. The Kier molecular flexibility index (Phi) is 6.82. The van der Waals surface area contributed by atoms with E-state index in [2.05, 4.69) is 5.32 Å². The van der Waals surface area contributed by atoms with E-state index in [-0.39, 0.29) is 12.5 Å². The van der Waals surface area contributed by atoms with Gasteiger partial charge in [-0.25, -0.2) is 0 Å². The highest BCUT2D eigenvalue weighted by atomic mass is 16.5. The molecule has 2 rings (SSSR count). The van der Waals surface area contributed by atoms with E-state index in [0.717, 1.165) is 0 Å². The van der Waals surface area contributed by atoms with Crippen LogP contribution in [0.3, 0.4) is 0 Å². The molecule has 2 unspecified atom stereocenters. The van der Waals surface area contributed by atoms with Crippen LogP contribution in [0.15, 0.2) is 54.6 Å². The van der Waals surface area contributed by atoms with Crippen molar-refractivity contribution in [2.45, 2.75) is 31.8 Å². The number of carbonyl (C=O) groups excluding carboxylic acids is 1. The van der Waals surface area contributed by atoms with Gasteiger partial charge in [-0.3, -0.25) is 9.59 Å². The molecular weight excluding hydrogens is 346 g/mol. The van der Waals surface area contributed by atoms with E-state index in [1.54, 1.807) is 69.5 Å². The van der Waals surface area contributed by atoms with Crippen molar-refractivity contribution in [1.29, 1.82) is 0 Å². The van der Waals surface area contributed by atoms with Gasteiger partial charge in [0.15, 0.2) is 6.10 Å². The molecule has 0 aliphatic heterocycles. The van der Waals surface area contributed by atoms with Crippen LogP contribution < -0.4 is 14.8 Å². The maximum Gasteiger partial charge on any atom is 0.315 e. The Morgan fingerprint density at radius 2 is 1.67 bits per heavy atom.